The lowest BCUT2D eigenvalue weighted by Crippen LogP contribution is -2.30. The van der Waals surface area contributed by atoms with Gasteiger partial charge in [0.25, 0.3) is 0 Å². The van der Waals surface area contributed by atoms with Gasteiger partial charge in [0, 0.05) is 19.3 Å². The molecular formula is C61H114O6. The Morgan fingerprint density at radius 3 is 0.821 bits per heavy atom. The first-order valence-corrected chi connectivity index (χ1v) is 29.8. The van der Waals surface area contributed by atoms with Crippen LogP contribution >= 0.6 is 0 Å². The molecule has 0 amide bonds. The maximum absolute atomic E-state index is 12.7. The van der Waals surface area contributed by atoms with Gasteiger partial charge in [0.2, 0.25) is 0 Å². The Balaban J connectivity index is 3.82. The van der Waals surface area contributed by atoms with Crippen molar-refractivity contribution in [3.63, 3.8) is 0 Å². The molecule has 0 rings (SSSR count). The SMILES string of the molecule is CCCCCCC/C=C\C/C=C\CCCCCCCCCCCCCCCCCCCCCCCC(=O)OCC(COC(=O)CCCCCCC)OC(=O)CCCCCCCCCCCCC. The Kier molecular flexibility index (Phi) is 54.7. The second-order valence-corrected chi connectivity index (χ2v) is 20.3. The lowest BCUT2D eigenvalue weighted by molar-refractivity contribution is -0.167. The summed E-state index contributed by atoms with van der Waals surface area (Å²) in [4.78, 5) is 37.7. The number of hydrogen-bond donors (Lipinski definition) is 0. The van der Waals surface area contributed by atoms with E-state index in [4.69, 9.17) is 14.2 Å². The number of hydrogen-bond acceptors (Lipinski definition) is 6. The summed E-state index contributed by atoms with van der Waals surface area (Å²) in [7, 11) is 0. The van der Waals surface area contributed by atoms with Crippen LogP contribution in [0.25, 0.3) is 0 Å². The minimum Gasteiger partial charge on any atom is -0.462 e. The zero-order valence-corrected chi connectivity index (χ0v) is 45.2. The molecular weight excluding hydrogens is 829 g/mol. The van der Waals surface area contributed by atoms with E-state index in [-0.39, 0.29) is 31.1 Å². The van der Waals surface area contributed by atoms with Crippen molar-refractivity contribution in [2.75, 3.05) is 13.2 Å². The van der Waals surface area contributed by atoms with Gasteiger partial charge in [-0.2, -0.15) is 0 Å². The molecule has 67 heavy (non-hydrogen) atoms. The van der Waals surface area contributed by atoms with E-state index in [0.29, 0.717) is 19.3 Å². The van der Waals surface area contributed by atoms with Crippen molar-refractivity contribution >= 4 is 17.9 Å². The van der Waals surface area contributed by atoms with Crippen LogP contribution in [0.15, 0.2) is 24.3 Å². The van der Waals surface area contributed by atoms with Gasteiger partial charge >= 0.3 is 17.9 Å². The standard InChI is InChI=1S/C61H114O6/c1-4-7-10-13-15-17-19-20-21-22-23-24-25-26-27-28-29-30-31-32-33-34-35-36-37-38-39-40-42-43-45-48-51-54-60(63)66-57-58(56-65-59(62)53-50-47-12-9-6-3)67-61(64)55-52-49-46-44-41-18-16-14-11-8-5-2/h19-20,22-23,58H,4-18,21,24-57H2,1-3H3/b20-19-,23-22-. The number of ether oxygens (including phenoxy) is 3. The molecule has 0 N–H and O–H groups in total. The Hall–Kier alpha value is -2.11. The molecule has 1 unspecified atom stereocenters. The molecule has 0 aromatic heterocycles. The highest BCUT2D eigenvalue weighted by Gasteiger charge is 2.19. The topological polar surface area (TPSA) is 78.9 Å². The van der Waals surface area contributed by atoms with Gasteiger partial charge < -0.3 is 14.2 Å². The average Bonchev–Trinajstić information content (AvgIpc) is 3.33. The zero-order chi connectivity index (χ0) is 48.6. The van der Waals surface area contributed by atoms with E-state index in [1.54, 1.807) is 0 Å². The first-order valence-electron chi connectivity index (χ1n) is 29.8. The first kappa shape index (κ1) is 64.9. The fraction of sp³-hybridized carbons (Fsp3) is 0.885. The summed E-state index contributed by atoms with van der Waals surface area (Å²) in [5, 5.41) is 0. The molecule has 0 aliphatic heterocycles. The molecule has 0 aliphatic carbocycles. The van der Waals surface area contributed by atoms with Crippen molar-refractivity contribution in [2.24, 2.45) is 0 Å². The van der Waals surface area contributed by atoms with E-state index < -0.39 is 6.10 Å². The smallest absolute Gasteiger partial charge is 0.306 e. The van der Waals surface area contributed by atoms with Crippen molar-refractivity contribution in [3.05, 3.63) is 24.3 Å². The van der Waals surface area contributed by atoms with Crippen molar-refractivity contribution in [1.82, 2.24) is 0 Å². The summed E-state index contributed by atoms with van der Waals surface area (Å²) in [6.45, 7) is 6.57. The number of allylic oxidation sites excluding steroid dienone is 4. The molecule has 0 aromatic carbocycles. The minimum absolute atomic E-state index is 0.0656. The van der Waals surface area contributed by atoms with Crippen molar-refractivity contribution < 1.29 is 28.6 Å². The predicted molar refractivity (Wildman–Crippen MR) is 289 cm³/mol. The van der Waals surface area contributed by atoms with Gasteiger partial charge in [-0.3, -0.25) is 14.4 Å². The average molecular weight is 944 g/mol. The summed E-state index contributed by atoms with van der Waals surface area (Å²) in [5.74, 6) is -0.864. The second-order valence-electron chi connectivity index (χ2n) is 20.3. The van der Waals surface area contributed by atoms with Gasteiger partial charge in [0.05, 0.1) is 0 Å². The minimum atomic E-state index is -0.760. The van der Waals surface area contributed by atoms with Crippen LogP contribution in [0.4, 0.5) is 0 Å². The van der Waals surface area contributed by atoms with Crippen LogP contribution < -0.4 is 0 Å². The number of carbonyl (C=O) groups is 3. The highest BCUT2D eigenvalue weighted by molar-refractivity contribution is 5.71. The van der Waals surface area contributed by atoms with Crippen LogP contribution in [0.5, 0.6) is 0 Å². The monoisotopic (exact) mass is 943 g/mol. The van der Waals surface area contributed by atoms with Gasteiger partial charge in [0.1, 0.15) is 13.2 Å². The summed E-state index contributed by atoms with van der Waals surface area (Å²) in [6, 6.07) is 0. The predicted octanol–water partition coefficient (Wildman–Crippen LogP) is 19.9. The highest BCUT2D eigenvalue weighted by Crippen LogP contribution is 2.17. The van der Waals surface area contributed by atoms with Gasteiger partial charge in [-0.1, -0.05) is 283 Å². The van der Waals surface area contributed by atoms with Crippen LogP contribution in [0.3, 0.4) is 0 Å². The van der Waals surface area contributed by atoms with E-state index >= 15 is 0 Å². The molecule has 0 heterocycles. The fourth-order valence-electron chi connectivity index (χ4n) is 8.95. The number of unbranched alkanes of at least 4 members (excludes halogenated alkanes) is 40. The highest BCUT2D eigenvalue weighted by atomic mass is 16.6. The molecule has 6 heteroatoms. The van der Waals surface area contributed by atoms with Gasteiger partial charge in [-0.25, -0.2) is 0 Å². The van der Waals surface area contributed by atoms with Gasteiger partial charge in [-0.05, 0) is 51.4 Å². The van der Waals surface area contributed by atoms with E-state index in [1.807, 2.05) is 0 Å². The quantitative estimate of drug-likeness (QED) is 0.0262. The summed E-state index contributed by atoms with van der Waals surface area (Å²) in [5.41, 5.74) is 0. The molecule has 0 saturated heterocycles. The van der Waals surface area contributed by atoms with E-state index in [2.05, 4.69) is 45.1 Å². The van der Waals surface area contributed by atoms with Crippen molar-refractivity contribution in [3.8, 4) is 0 Å². The molecule has 1 atom stereocenters. The third-order valence-corrected chi connectivity index (χ3v) is 13.5. The molecule has 0 spiro atoms. The first-order chi connectivity index (χ1) is 33.0. The second kappa shape index (κ2) is 56.5. The van der Waals surface area contributed by atoms with Crippen molar-refractivity contribution in [1.29, 1.82) is 0 Å². The zero-order valence-electron chi connectivity index (χ0n) is 45.2. The van der Waals surface area contributed by atoms with Crippen molar-refractivity contribution in [2.45, 2.75) is 335 Å². The maximum atomic E-state index is 12.7. The van der Waals surface area contributed by atoms with Crippen LogP contribution in [0.2, 0.25) is 0 Å². The third kappa shape index (κ3) is 54.7. The molecule has 0 aromatic rings. The van der Waals surface area contributed by atoms with Gasteiger partial charge in [0.15, 0.2) is 6.10 Å². The molecule has 6 nitrogen and oxygen atoms in total. The number of rotatable bonds is 55. The van der Waals surface area contributed by atoms with E-state index in [0.717, 1.165) is 70.6 Å². The van der Waals surface area contributed by atoms with Crippen LogP contribution in [0.1, 0.15) is 329 Å². The Morgan fingerprint density at radius 2 is 0.537 bits per heavy atom. The summed E-state index contributed by atoms with van der Waals surface area (Å²) >= 11 is 0. The lowest BCUT2D eigenvalue weighted by Gasteiger charge is -2.18. The lowest BCUT2D eigenvalue weighted by atomic mass is 10.0. The van der Waals surface area contributed by atoms with Crippen LogP contribution in [0, 0.1) is 0 Å². The maximum Gasteiger partial charge on any atom is 0.306 e. The molecule has 0 bridgehead atoms. The largest absolute Gasteiger partial charge is 0.462 e. The molecule has 0 radical (unpaired) electrons. The summed E-state index contributed by atoms with van der Waals surface area (Å²) in [6.07, 6.45) is 66.8. The molecule has 0 aliphatic rings. The summed E-state index contributed by atoms with van der Waals surface area (Å²) < 4.78 is 16.7. The molecule has 0 saturated carbocycles. The Labute approximate surface area is 417 Å². The molecule has 0 fully saturated rings. The Morgan fingerprint density at radius 1 is 0.299 bits per heavy atom. The van der Waals surface area contributed by atoms with E-state index in [1.165, 1.54) is 218 Å². The number of esters is 3. The van der Waals surface area contributed by atoms with E-state index in [9.17, 15) is 14.4 Å². The number of carbonyl (C=O) groups excluding carboxylic acids is 3. The van der Waals surface area contributed by atoms with Gasteiger partial charge in [-0.15, -0.1) is 0 Å². The molecule has 394 valence electrons. The third-order valence-electron chi connectivity index (χ3n) is 13.5. The normalized spacial score (nSPS) is 12.1. The Bertz CT molecular complexity index is 1080. The van der Waals surface area contributed by atoms with Crippen LogP contribution in [-0.4, -0.2) is 37.2 Å². The van der Waals surface area contributed by atoms with Crippen LogP contribution in [-0.2, 0) is 28.6 Å². The fourth-order valence-corrected chi connectivity index (χ4v) is 8.95.